The van der Waals surface area contributed by atoms with E-state index in [1.54, 1.807) is 19.2 Å². The normalized spacial score (nSPS) is 12.7. The number of aromatic nitrogens is 2. The van der Waals surface area contributed by atoms with Gasteiger partial charge in [-0.25, -0.2) is 4.39 Å². The van der Waals surface area contributed by atoms with E-state index in [1.165, 1.54) is 0 Å². The Morgan fingerprint density at radius 1 is 1.47 bits per heavy atom. The highest BCUT2D eigenvalue weighted by Gasteiger charge is 2.23. The molecule has 0 saturated carbocycles. The zero-order chi connectivity index (χ0) is 14.0. The number of halogens is 2. The smallest absolute Gasteiger partial charge is 0.131 e. The SMILES string of the molecule is CCn1ncc(Br)c1C(NC)c1cccc(C)c1F. The van der Waals surface area contributed by atoms with Crippen molar-refractivity contribution in [2.45, 2.75) is 26.4 Å². The van der Waals surface area contributed by atoms with Crippen molar-refractivity contribution in [2.75, 3.05) is 7.05 Å². The maximum absolute atomic E-state index is 14.3. The van der Waals surface area contributed by atoms with Crippen LogP contribution in [0, 0.1) is 12.7 Å². The minimum absolute atomic E-state index is 0.169. The Balaban J connectivity index is 2.56. The summed E-state index contributed by atoms with van der Waals surface area (Å²) in [6.07, 6.45) is 1.75. The van der Waals surface area contributed by atoms with Crippen molar-refractivity contribution in [3.05, 3.63) is 51.5 Å². The molecule has 0 fully saturated rings. The summed E-state index contributed by atoms with van der Waals surface area (Å²) in [5.41, 5.74) is 2.23. The lowest BCUT2D eigenvalue weighted by Crippen LogP contribution is -2.23. The molecule has 5 heteroatoms. The van der Waals surface area contributed by atoms with Crippen molar-refractivity contribution >= 4 is 15.9 Å². The molecule has 1 unspecified atom stereocenters. The number of nitrogens with zero attached hydrogens (tertiary/aromatic N) is 2. The molecule has 1 aromatic heterocycles. The Labute approximate surface area is 121 Å². The van der Waals surface area contributed by atoms with Gasteiger partial charge in [0.15, 0.2) is 0 Å². The molecule has 1 N–H and O–H groups in total. The van der Waals surface area contributed by atoms with Gasteiger partial charge in [0.2, 0.25) is 0 Å². The summed E-state index contributed by atoms with van der Waals surface area (Å²) in [5, 5.41) is 7.46. The monoisotopic (exact) mass is 325 g/mol. The number of hydrogen-bond donors (Lipinski definition) is 1. The first kappa shape index (κ1) is 14.2. The summed E-state index contributed by atoms with van der Waals surface area (Å²) in [4.78, 5) is 0. The van der Waals surface area contributed by atoms with Gasteiger partial charge >= 0.3 is 0 Å². The van der Waals surface area contributed by atoms with Crippen molar-refractivity contribution in [2.24, 2.45) is 0 Å². The molecule has 2 aromatic rings. The first-order valence-corrected chi connectivity index (χ1v) is 7.02. The van der Waals surface area contributed by atoms with E-state index < -0.39 is 0 Å². The zero-order valence-corrected chi connectivity index (χ0v) is 12.8. The van der Waals surface area contributed by atoms with Gasteiger partial charge in [0, 0.05) is 12.1 Å². The summed E-state index contributed by atoms with van der Waals surface area (Å²) >= 11 is 3.49. The third kappa shape index (κ3) is 2.58. The predicted molar refractivity (Wildman–Crippen MR) is 77.6 cm³/mol. The number of nitrogens with one attached hydrogen (secondary N) is 1. The molecule has 0 aliphatic carbocycles. The molecule has 19 heavy (non-hydrogen) atoms. The van der Waals surface area contributed by atoms with Crippen LogP contribution in [0.4, 0.5) is 4.39 Å². The van der Waals surface area contributed by atoms with Crippen LogP contribution in [0.2, 0.25) is 0 Å². The van der Waals surface area contributed by atoms with Gasteiger partial charge in [0.05, 0.1) is 22.4 Å². The first-order valence-electron chi connectivity index (χ1n) is 6.23. The molecule has 0 aliphatic rings. The summed E-state index contributed by atoms with van der Waals surface area (Å²) < 4.78 is 17.1. The lowest BCUT2D eigenvalue weighted by molar-refractivity contribution is 0.528. The fourth-order valence-electron chi connectivity index (χ4n) is 2.24. The molecule has 3 nitrogen and oxygen atoms in total. The van der Waals surface area contributed by atoms with Crippen molar-refractivity contribution in [3.63, 3.8) is 0 Å². The topological polar surface area (TPSA) is 29.9 Å². The molecular weight excluding hydrogens is 309 g/mol. The van der Waals surface area contributed by atoms with Gasteiger partial charge in [0.25, 0.3) is 0 Å². The van der Waals surface area contributed by atoms with Gasteiger partial charge in [-0.05, 0) is 42.4 Å². The number of hydrogen-bond acceptors (Lipinski definition) is 2. The minimum Gasteiger partial charge on any atom is -0.308 e. The highest BCUT2D eigenvalue weighted by molar-refractivity contribution is 9.10. The Morgan fingerprint density at radius 3 is 2.84 bits per heavy atom. The zero-order valence-electron chi connectivity index (χ0n) is 11.2. The molecule has 0 aliphatic heterocycles. The van der Waals surface area contributed by atoms with Crippen molar-refractivity contribution in [3.8, 4) is 0 Å². The molecule has 0 bridgehead atoms. The molecule has 0 amide bonds. The van der Waals surface area contributed by atoms with E-state index in [0.717, 1.165) is 16.7 Å². The lowest BCUT2D eigenvalue weighted by atomic mass is 10.0. The average molecular weight is 326 g/mol. The molecule has 1 heterocycles. The first-order chi connectivity index (χ1) is 9.10. The highest BCUT2D eigenvalue weighted by Crippen LogP contribution is 2.30. The maximum Gasteiger partial charge on any atom is 0.131 e. The van der Waals surface area contributed by atoms with Crippen LogP contribution < -0.4 is 5.32 Å². The molecule has 0 spiro atoms. The average Bonchev–Trinajstić information content (AvgIpc) is 2.77. The van der Waals surface area contributed by atoms with Crippen LogP contribution in [0.15, 0.2) is 28.9 Å². The third-order valence-electron chi connectivity index (χ3n) is 3.23. The van der Waals surface area contributed by atoms with Crippen LogP contribution in [0.1, 0.15) is 29.8 Å². The van der Waals surface area contributed by atoms with E-state index in [0.29, 0.717) is 11.1 Å². The van der Waals surface area contributed by atoms with Crippen LogP contribution in [0.3, 0.4) is 0 Å². The van der Waals surface area contributed by atoms with Crippen LogP contribution in [-0.2, 0) is 6.54 Å². The summed E-state index contributed by atoms with van der Waals surface area (Å²) in [6, 6.07) is 5.23. The van der Waals surface area contributed by atoms with Crippen LogP contribution in [0.5, 0.6) is 0 Å². The Bertz CT molecular complexity index is 580. The second-order valence-electron chi connectivity index (χ2n) is 4.39. The van der Waals surface area contributed by atoms with Gasteiger partial charge in [-0.3, -0.25) is 4.68 Å². The molecule has 102 valence electrons. The molecule has 0 radical (unpaired) electrons. The van der Waals surface area contributed by atoms with E-state index in [1.807, 2.05) is 30.8 Å². The van der Waals surface area contributed by atoms with Crippen LogP contribution in [0.25, 0.3) is 0 Å². The minimum atomic E-state index is -0.225. The Morgan fingerprint density at radius 2 is 2.21 bits per heavy atom. The molecule has 0 saturated heterocycles. The lowest BCUT2D eigenvalue weighted by Gasteiger charge is -2.20. The van der Waals surface area contributed by atoms with Gasteiger partial charge in [0.1, 0.15) is 5.82 Å². The van der Waals surface area contributed by atoms with Gasteiger partial charge < -0.3 is 5.32 Å². The van der Waals surface area contributed by atoms with E-state index in [4.69, 9.17) is 0 Å². The third-order valence-corrected chi connectivity index (χ3v) is 3.84. The highest BCUT2D eigenvalue weighted by atomic mass is 79.9. The predicted octanol–water partition coefficient (Wildman–Crippen LogP) is 3.42. The number of rotatable bonds is 4. The quantitative estimate of drug-likeness (QED) is 0.933. The number of benzene rings is 1. The van der Waals surface area contributed by atoms with E-state index in [9.17, 15) is 4.39 Å². The second-order valence-corrected chi connectivity index (χ2v) is 5.25. The maximum atomic E-state index is 14.3. The summed E-state index contributed by atoms with van der Waals surface area (Å²) in [5.74, 6) is -0.169. The Hall–Kier alpha value is -1.20. The van der Waals surface area contributed by atoms with Gasteiger partial charge in [-0.2, -0.15) is 5.10 Å². The fraction of sp³-hybridized carbons (Fsp3) is 0.357. The summed E-state index contributed by atoms with van der Waals surface area (Å²) in [7, 11) is 1.83. The molecule has 1 atom stereocenters. The van der Waals surface area contributed by atoms with Crippen molar-refractivity contribution in [1.82, 2.24) is 15.1 Å². The second kappa shape index (κ2) is 5.84. The van der Waals surface area contributed by atoms with Gasteiger partial charge in [-0.1, -0.05) is 18.2 Å². The fourth-order valence-corrected chi connectivity index (χ4v) is 2.77. The molecular formula is C14H17BrFN3. The van der Waals surface area contributed by atoms with E-state index in [2.05, 4.69) is 26.3 Å². The van der Waals surface area contributed by atoms with Gasteiger partial charge in [-0.15, -0.1) is 0 Å². The molecule has 2 rings (SSSR count). The largest absolute Gasteiger partial charge is 0.308 e. The molecule has 1 aromatic carbocycles. The standard InChI is InChI=1S/C14H17BrFN3/c1-4-19-14(11(15)8-18-19)13(17-3)10-7-5-6-9(2)12(10)16/h5-8,13,17H,4H2,1-3H3. The Kier molecular flexibility index (Phi) is 4.37. The summed E-state index contributed by atoms with van der Waals surface area (Å²) in [6.45, 7) is 4.53. The number of aryl methyl sites for hydroxylation is 2. The van der Waals surface area contributed by atoms with E-state index in [-0.39, 0.29) is 11.9 Å². The van der Waals surface area contributed by atoms with Crippen molar-refractivity contribution < 1.29 is 4.39 Å². The van der Waals surface area contributed by atoms with Crippen LogP contribution in [-0.4, -0.2) is 16.8 Å². The van der Waals surface area contributed by atoms with E-state index >= 15 is 0 Å². The van der Waals surface area contributed by atoms with Crippen molar-refractivity contribution in [1.29, 1.82) is 0 Å². The van der Waals surface area contributed by atoms with Crippen LogP contribution >= 0.6 is 15.9 Å².